The molecule has 1 fully saturated rings. The molecule has 0 radical (unpaired) electrons. The van der Waals surface area contributed by atoms with Crippen LogP contribution in [-0.2, 0) is 16.0 Å². The first-order valence-electron chi connectivity index (χ1n) is 6.85. The van der Waals surface area contributed by atoms with Crippen LogP contribution in [0.25, 0.3) is 0 Å². The lowest BCUT2D eigenvalue weighted by molar-refractivity contribution is -0.130. The number of benzene rings is 1. The topological polar surface area (TPSA) is 50.4 Å². The molecule has 1 heterocycles. The van der Waals surface area contributed by atoms with E-state index in [-0.39, 0.29) is 18.1 Å². The quantitative estimate of drug-likeness (QED) is 0.824. The van der Waals surface area contributed by atoms with E-state index in [1.54, 1.807) is 0 Å². The van der Waals surface area contributed by atoms with E-state index in [1.807, 2.05) is 25.1 Å². The molecule has 1 aromatic carbocycles. The van der Waals surface area contributed by atoms with E-state index in [9.17, 15) is 4.79 Å². The van der Waals surface area contributed by atoms with Crippen LogP contribution in [0.5, 0.6) is 0 Å². The summed E-state index contributed by atoms with van der Waals surface area (Å²) in [6.07, 6.45) is 2.03. The van der Waals surface area contributed by atoms with Crippen LogP contribution < -0.4 is 10.6 Å². The third-order valence-electron chi connectivity index (χ3n) is 3.36. The third kappa shape index (κ3) is 3.78. The molecular formula is C15H22N2O2. The second-order valence-corrected chi connectivity index (χ2v) is 5.30. The highest BCUT2D eigenvalue weighted by Crippen LogP contribution is 2.18. The molecule has 2 N–H and O–H groups in total. The lowest BCUT2D eigenvalue weighted by Crippen LogP contribution is -2.59. The fourth-order valence-electron chi connectivity index (χ4n) is 2.13. The Morgan fingerprint density at radius 2 is 2.16 bits per heavy atom. The highest BCUT2D eigenvalue weighted by Gasteiger charge is 2.33. The molecule has 0 aliphatic carbocycles. The van der Waals surface area contributed by atoms with Gasteiger partial charge in [-0.05, 0) is 25.0 Å². The van der Waals surface area contributed by atoms with Crippen LogP contribution in [0.3, 0.4) is 0 Å². The Kier molecular flexibility index (Phi) is 4.56. The Bertz CT molecular complexity index is 442. The average molecular weight is 262 g/mol. The van der Waals surface area contributed by atoms with E-state index in [0.29, 0.717) is 0 Å². The van der Waals surface area contributed by atoms with Crippen LogP contribution in [0.15, 0.2) is 24.3 Å². The SMILES string of the molecule is CCCc1ccccc1NC(=O)COC1(C)CNC1. The number of para-hydroxylation sites is 1. The van der Waals surface area contributed by atoms with Crippen molar-refractivity contribution in [1.29, 1.82) is 0 Å². The Morgan fingerprint density at radius 1 is 1.42 bits per heavy atom. The van der Waals surface area contributed by atoms with Crippen molar-refractivity contribution in [2.24, 2.45) is 0 Å². The van der Waals surface area contributed by atoms with Crippen molar-refractivity contribution in [1.82, 2.24) is 5.32 Å². The second-order valence-electron chi connectivity index (χ2n) is 5.30. The maximum atomic E-state index is 11.9. The zero-order valence-electron chi connectivity index (χ0n) is 11.7. The molecular weight excluding hydrogens is 240 g/mol. The van der Waals surface area contributed by atoms with E-state index < -0.39 is 0 Å². The number of carbonyl (C=O) groups is 1. The minimum absolute atomic E-state index is 0.0864. The minimum Gasteiger partial charge on any atom is -0.363 e. The summed E-state index contributed by atoms with van der Waals surface area (Å²) in [5.41, 5.74) is 1.89. The molecule has 1 aliphatic heterocycles. The minimum atomic E-state index is -0.180. The summed E-state index contributed by atoms with van der Waals surface area (Å²) in [5, 5.41) is 6.08. The summed E-state index contributed by atoms with van der Waals surface area (Å²) in [5.74, 6) is -0.0864. The van der Waals surface area contributed by atoms with Gasteiger partial charge in [0.1, 0.15) is 6.61 Å². The molecule has 1 saturated heterocycles. The Hall–Kier alpha value is -1.39. The molecule has 0 bridgehead atoms. The number of nitrogens with one attached hydrogen (secondary N) is 2. The molecule has 1 aliphatic rings. The smallest absolute Gasteiger partial charge is 0.250 e. The van der Waals surface area contributed by atoms with Gasteiger partial charge in [0.25, 0.3) is 0 Å². The summed E-state index contributed by atoms with van der Waals surface area (Å²) in [4.78, 5) is 11.9. The number of aryl methyl sites for hydroxylation is 1. The van der Waals surface area contributed by atoms with Gasteiger partial charge in [0, 0.05) is 18.8 Å². The van der Waals surface area contributed by atoms with E-state index in [2.05, 4.69) is 23.6 Å². The molecule has 4 heteroatoms. The zero-order valence-corrected chi connectivity index (χ0v) is 11.7. The molecule has 4 nitrogen and oxygen atoms in total. The number of hydrogen-bond donors (Lipinski definition) is 2. The van der Waals surface area contributed by atoms with Crippen LogP contribution in [0.1, 0.15) is 25.8 Å². The fourth-order valence-corrected chi connectivity index (χ4v) is 2.13. The highest BCUT2D eigenvalue weighted by molar-refractivity contribution is 5.92. The first kappa shape index (κ1) is 14.0. The molecule has 0 atom stereocenters. The van der Waals surface area contributed by atoms with Crippen LogP contribution in [0.2, 0.25) is 0 Å². The van der Waals surface area contributed by atoms with E-state index in [4.69, 9.17) is 4.74 Å². The number of anilines is 1. The number of rotatable bonds is 6. The fraction of sp³-hybridized carbons (Fsp3) is 0.533. The van der Waals surface area contributed by atoms with Crippen molar-refractivity contribution in [3.05, 3.63) is 29.8 Å². The summed E-state index contributed by atoms with van der Waals surface area (Å²) in [6, 6.07) is 7.93. The first-order valence-corrected chi connectivity index (χ1v) is 6.85. The summed E-state index contributed by atoms with van der Waals surface area (Å²) in [7, 11) is 0. The normalized spacial score (nSPS) is 16.7. The van der Waals surface area contributed by atoms with Crippen molar-refractivity contribution in [2.75, 3.05) is 25.0 Å². The molecule has 0 unspecified atom stereocenters. The van der Waals surface area contributed by atoms with Crippen molar-refractivity contribution in [3.63, 3.8) is 0 Å². The van der Waals surface area contributed by atoms with Crippen LogP contribution in [-0.4, -0.2) is 31.2 Å². The zero-order chi connectivity index (χ0) is 13.7. The summed E-state index contributed by atoms with van der Waals surface area (Å²) < 4.78 is 5.62. The van der Waals surface area contributed by atoms with Gasteiger partial charge in [-0.15, -0.1) is 0 Å². The van der Waals surface area contributed by atoms with Crippen molar-refractivity contribution < 1.29 is 9.53 Å². The lowest BCUT2D eigenvalue weighted by Gasteiger charge is -2.38. The maximum Gasteiger partial charge on any atom is 0.250 e. The van der Waals surface area contributed by atoms with Gasteiger partial charge in [-0.25, -0.2) is 0 Å². The molecule has 19 heavy (non-hydrogen) atoms. The van der Waals surface area contributed by atoms with Gasteiger partial charge in [0.2, 0.25) is 5.91 Å². The number of ether oxygens (including phenoxy) is 1. The van der Waals surface area contributed by atoms with Gasteiger partial charge in [0.05, 0.1) is 5.60 Å². The number of carbonyl (C=O) groups excluding carboxylic acids is 1. The highest BCUT2D eigenvalue weighted by atomic mass is 16.5. The molecule has 0 spiro atoms. The monoisotopic (exact) mass is 262 g/mol. The molecule has 1 amide bonds. The summed E-state index contributed by atoms with van der Waals surface area (Å²) in [6.45, 7) is 5.88. The van der Waals surface area contributed by atoms with E-state index in [1.165, 1.54) is 5.56 Å². The Balaban J connectivity index is 1.87. The van der Waals surface area contributed by atoms with E-state index >= 15 is 0 Å². The predicted molar refractivity (Wildman–Crippen MR) is 76.3 cm³/mol. The molecule has 2 rings (SSSR count). The predicted octanol–water partition coefficient (Wildman–Crippen LogP) is 1.96. The summed E-state index contributed by atoms with van der Waals surface area (Å²) >= 11 is 0. The molecule has 1 aromatic rings. The largest absolute Gasteiger partial charge is 0.363 e. The number of amides is 1. The Labute approximate surface area is 114 Å². The first-order chi connectivity index (χ1) is 9.13. The van der Waals surface area contributed by atoms with Crippen molar-refractivity contribution >= 4 is 11.6 Å². The second kappa shape index (κ2) is 6.17. The van der Waals surface area contributed by atoms with E-state index in [0.717, 1.165) is 31.6 Å². The van der Waals surface area contributed by atoms with Gasteiger partial charge in [-0.3, -0.25) is 4.79 Å². The van der Waals surface area contributed by atoms with Gasteiger partial charge < -0.3 is 15.4 Å². The van der Waals surface area contributed by atoms with Gasteiger partial charge in [0.15, 0.2) is 0 Å². The van der Waals surface area contributed by atoms with Crippen LogP contribution in [0.4, 0.5) is 5.69 Å². The molecule has 0 saturated carbocycles. The van der Waals surface area contributed by atoms with Crippen molar-refractivity contribution in [3.8, 4) is 0 Å². The van der Waals surface area contributed by atoms with Crippen LogP contribution in [0, 0.1) is 0 Å². The average Bonchev–Trinajstić information content (AvgIpc) is 2.37. The standard InChI is InChI=1S/C15H22N2O2/c1-3-6-12-7-4-5-8-13(12)17-14(18)9-19-15(2)10-16-11-15/h4-5,7-8,16H,3,6,9-11H2,1-2H3,(H,17,18). The van der Waals surface area contributed by atoms with Crippen LogP contribution >= 0.6 is 0 Å². The third-order valence-corrected chi connectivity index (χ3v) is 3.36. The molecule has 104 valence electrons. The number of hydrogen-bond acceptors (Lipinski definition) is 3. The maximum absolute atomic E-state index is 11.9. The lowest BCUT2D eigenvalue weighted by atomic mass is 10.0. The Morgan fingerprint density at radius 3 is 2.79 bits per heavy atom. The van der Waals surface area contributed by atoms with Gasteiger partial charge in [-0.2, -0.15) is 0 Å². The van der Waals surface area contributed by atoms with Gasteiger partial charge in [-0.1, -0.05) is 31.5 Å². The molecule has 0 aromatic heterocycles. The van der Waals surface area contributed by atoms with Crippen molar-refractivity contribution in [2.45, 2.75) is 32.3 Å². The van der Waals surface area contributed by atoms with Gasteiger partial charge >= 0.3 is 0 Å².